The minimum absolute atomic E-state index is 0.0268. The van der Waals surface area contributed by atoms with Gasteiger partial charge in [-0.2, -0.15) is 0 Å². The summed E-state index contributed by atoms with van der Waals surface area (Å²) in [6.45, 7) is 10.7. The summed E-state index contributed by atoms with van der Waals surface area (Å²) in [5.41, 5.74) is 11.1. The van der Waals surface area contributed by atoms with Gasteiger partial charge in [0.25, 0.3) is 5.91 Å². The van der Waals surface area contributed by atoms with Gasteiger partial charge >= 0.3 is 0 Å². The van der Waals surface area contributed by atoms with Crippen LogP contribution in [0, 0.1) is 20.8 Å². The zero-order chi connectivity index (χ0) is 23.3. The molecule has 1 atom stereocenters. The molecule has 0 aromatic heterocycles. The maximum atomic E-state index is 13.1. The lowest BCUT2D eigenvalue weighted by Gasteiger charge is -2.37. The van der Waals surface area contributed by atoms with E-state index in [4.69, 9.17) is 10.5 Å². The number of rotatable bonds is 7. The Labute approximate surface area is 192 Å². The third kappa shape index (κ3) is 5.71. The third-order valence-electron chi connectivity index (χ3n) is 6.69. The highest BCUT2D eigenvalue weighted by molar-refractivity contribution is 5.81. The topological polar surface area (TPSA) is 58.8 Å². The summed E-state index contributed by atoms with van der Waals surface area (Å²) in [6.07, 6.45) is 5.82. The van der Waals surface area contributed by atoms with E-state index in [-0.39, 0.29) is 11.9 Å². The number of hydrogen-bond acceptors (Lipinski definition) is 4. The van der Waals surface area contributed by atoms with Gasteiger partial charge in [0.05, 0.1) is 0 Å². The van der Waals surface area contributed by atoms with Gasteiger partial charge in [-0.3, -0.25) is 9.69 Å². The van der Waals surface area contributed by atoms with Gasteiger partial charge in [0, 0.05) is 38.4 Å². The molecule has 32 heavy (non-hydrogen) atoms. The number of hydrogen-bond donors (Lipinski definition) is 1. The van der Waals surface area contributed by atoms with Gasteiger partial charge < -0.3 is 15.4 Å². The first-order chi connectivity index (χ1) is 15.3. The highest BCUT2D eigenvalue weighted by Gasteiger charge is 2.28. The number of carbonyl (C=O) groups excluding carboxylic acids is 1. The van der Waals surface area contributed by atoms with Crippen LogP contribution in [0.4, 0.5) is 5.69 Å². The van der Waals surface area contributed by atoms with Gasteiger partial charge in [0.1, 0.15) is 5.75 Å². The Kier molecular flexibility index (Phi) is 7.97. The highest BCUT2D eigenvalue weighted by Crippen LogP contribution is 2.30. The molecule has 1 amide bonds. The minimum Gasteiger partial charge on any atom is -0.481 e. The van der Waals surface area contributed by atoms with E-state index >= 15 is 0 Å². The molecule has 1 heterocycles. The van der Waals surface area contributed by atoms with Crippen molar-refractivity contribution in [3.63, 3.8) is 0 Å². The second kappa shape index (κ2) is 10.7. The first-order valence-corrected chi connectivity index (χ1v) is 11.5. The summed E-state index contributed by atoms with van der Waals surface area (Å²) in [6, 6.07) is 12.5. The minimum atomic E-state index is -0.534. The molecule has 172 valence electrons. The number of ether oxygens (including phenoxy) is 1. The van der Waals surface area contributed by atoms with Crippen molar-refractivity contribution in [2.24, 2.45) is 0 Å². The molecule has 5 nitrogen and oxygen atoms in total. The van der Waals surface area contributed by atoms with Crippen LogP contribution >= 0.6 is 0 Å². The van der Waals surface area contributed by atoms with E-state index in [0.29, 0.717) is 0 Å². The molecular weight excluding hydrogens is 398 g/mol. The Morgan fingerprint density at radius 2 is 1.84 bits per heavy atom. The predicted octanol–water partition coefficient (Wildman–Crippen LogP) is 4.60. The van der Waals surface area contributed by atoms with E-state index in [1.807, 2.05) is 51.8 Å². The molecule has 0 spiro atoms. The Morgan fingerprint density at radius 3 is 2.50 bits per heavy atom. The van der Waals surface area contributed by atoms with Crippen molar-refractivity contribution in [3.05, 3.63) is 64.7 Å². The SMILES string of the molecule is Cc1cc(OC(C)C(=O)N(C)C2CCN(C/C=C/c3ccccc3)CC2)c(C)c(C)c1N. The lowest BCUT2D eigenvalue weighted by molar-refractivity contribution is -0.139. The normalized spacial score (nSPS) is 16.3. The van der Waals surface area contributed by atoms with Crippen LogP contribution < -0.4 is 10.5 Å². The fourth-order valence-electron chi connectivity index (χ4n) is 4.29. The summed E-state index contributed by atoms with van der Waals surface area (Å²) in [4.78, 5) is 17.4. The number of piperidine rings is 1. The number of likely N-dealkylation sites (N-methyl/N-ethyl adjacent to an activating group) is 1. The lowest BCUT2D eigenvalue weighted by Crippen LogP contribution is -2.49. The Bertz CT molecular complexity index is 947. The molecule has 1 aliphatic rings. The van der Waals surface area contributed by atoms with Crippen molar-refractivity contribution in [1.82, 2.24) is 9.80 Å². The van der Waals surface area contributed by atoms with Crippen molar-refractivity contribution in [1.29, 1.82) is 0 Å². The van der Waals surface area contributed by atoms with E-state index in [2.05, 4.69) is 41.3 Å². The van der Waals surface area contributed by atoms with Gasteiger partial charge in [0.2, 0.25) is 0 Å². The van der Waals surface area contributed by atoms with Gasteiger partial charge in [-0.15, -0.1) is 0 Å². The number of nitrogens with two attached hydrogens (primary N) is 1. The van der Waals surface area contributed by atoms with Crippen molar-refractivity contribution >= 4 is 17.7 Å². The monoisotopic (exact) mass is 435 g/mol. The van der Waals surface area contributed by atoms with E-state index < -0.39 is 6.10 Å². The quantitative estimate of drug-likeness (QED) is 0.646. The molecule has 2 aromatic carbocycles. The predicted molar refractivity (Wildman–Crippen MR) is 133 cm³/mol. The van der Waals surface area contributed by atoms with Gasteiger partial charge in [-0.05, 0) is 68.9 Å². The van der Waals surface area contributed by atoms with E-state index in [1.54, 1.807) is 0 Å². The molecule has 2 aromatic rings. The van der Waals surface area contributed by atoms with Crippen LogP contribution in [0.15, 0.2) is 42.5 Å². The first kappa shape index (κ1) is 23.9. The largest absolute Gasteiger partial charge is 0.481 e. The summed E-state index contributed by atoms with van der Waals surface area (Å²) in [7, 11) is 1.91. The number of likely N-dealkylation sites (tertiary alicyclic amines) is 1. The summed E-state index contributed by atoms with van der Waals surface area (Å²) >= 11 is 0. The second-order valence-corrected chi connectivity index (χ2v) is 8.91. The zero-order valence-electron chi connectivity index (χ0n) is 20.1. The van der Waals surface area contributed by atoms with Crippen molar-refractivity contribution in [2.75, 3.05) is 32.4 Å². The number of aryl methyl sites for hydroxylation is 1. The maximum absolute atomic E-state index is 13.1. The fourth-order valence-corrected chi connectivity index (χ4v) is 4.29. The molecule has 0 aliphatic carbocycles. The number of nitrogens with zero attached hydrogens (tertiary/aromatic N) is 2. The van der Waals surface area contributed by atoms with Crippen LogP contribution in [-0.4, -0.2) is 54.5 Å². The number of nitrogen functional groups attached to an aromatic ring is 1. The lowest BCUT2D eigenvalue weighted by atomic mass is 10.0. The molecule has 5 heteroatoms. The van der Waals surface area contributed by atoms with Crippen LogP contribution in [0.1, 0.15) is 42.0 Å². The van der Waals surface area contributed by atoms with Crippen molar-refractivity contribution in [3.8, 4) is 5.75 Å². The number of anilines is 1. The Morgan fingerprint density at radius 1 is 1.19 bits per heavy atom. The van der Waals surface area contributed by atoms with Crippen LogP contribution in [0.2, 0.25) is 0 Å². The maximum Gasteiger partial charge on any atom is 0.263 e. The van der Waals surface area contributed by atoms with Crippen LogP contribution in [-0.2, 0) is 4.79 Å². The number of amides is 1. The van der Waals surface area contributed by atoms with Gasteiger partial charge in [-0.1, -0.05) is 42.5 Å². The Hall–Kier alpha value is -2.79. The smallest absolute Gasteiger partial charge is 0.263 e. The molecule has 1 aliphatic heterocycles. The molecule has 2 N–H and O–H groups in total. The van der Waals surface area contributed by atoms with Crippen LogP contribution in [0.3, 0.4) is 0 Å². The third-order valence-corrected chi connectivity index (χ3v) is 6.69. The summed E-state index contributed by atoms with van der Waals surface area (Å²) < 4.78 is 6.09. The average Bonchev–Trinajstić information content (AvgIpc) is 2.81. The Balaban J connectivity index is 1.50. The summed E-state index contributed by atoms with van der Waals surface area (Å²) in [5, 5.41) is 0. The van der Waals surface area contributed by atoms with E-state index in [1.165, 1.54) is 5.56 Å². The van der Waals surface area contributed by atoms with E-state index in [9.17, 15) is 4.79 Å². The fraction of sp³-hybridized carbons (Fsp3) is 0.444. The molecule has 1 fully saturated rings. The molecule has 0 radical (unpaired) electrons. The standard InChI is InChI=1S/C27H37N3O2/c1-19-18-25(20(2)21(3)26(19)28)32-22(4)27(31)29(5)24-13-16-30(17-14-24)15-9-12-23-10-7-6-8-11-23/h6-12,18,22,24H,13-17,28H2,1-5H3/b12-9+. The molecule has 3 rings (SSSR count). The van der Waals surface area contributed by atoms with E-state index in [0.717, 1.165) is 60.6 Å². The second-order valence-electron chi connectivity index (χ2n) is 8.91. The van der Waals surface area contributed by atoms with Gasteiger partial charge in [-0.25, -0.2) is 0 Å². The van der Waals surface area contributed by atoms with Crippen molar-refractivity contribution in [2.45, 2.75) is 52.7 Å². The van der Waals surface area contributed by atoms with Gasteiger partial charge in [0.15, 0.2) is 6.10 Å². The molecule has 0 saturated carbocycles. The average molecular weight is 436 g/mol. The van der Waals surface area contributed by atoms with Crippen LogP contribution in [0.25, 0.3) is 6.08 Å². The molecule has 1 unspecified atom stereocenters. The number of benzene rings is 2. The number of carbonyl (C=O) groups is 1. The highest BCUT2D eigenvalue weighted by atomic mass is 16.5. The molecule has 1 saturated heterocycles. The molecule has 0 bridgehead atoms. The first-order valence-electron chi connectivity index (χ1n) is 11.5. The van der Waals surface area contributed by atoms with Crippen LogP contribution in [0.5, 0.6) is 5.75 Å². The van der Waals surface area contributed by atoms with Crippen molar-refractivity contribution < 1.29 is 9.53 Å². The summed E-state index contributed by atoms with van der Waals surface area (Å²) in [5.74, 6) is 0.766. The zero-order valence-corrected chi connectivity index (χ0v) is 20.1. The molecular formula is C27H37N3O2.